The van der Waals surface area contributed by atoms with Gasteiger partial charge in [-0.3, -0.25) is 4.79 Å². The van der Waals surface area contributed by atoms with E-state index in [4.69, 9.17) is 0 Å². The summed E-state index contributed by atoms with van der Waals surface area (Å²) in [6, 6.07) is 14.6. The van der Waals surface area contributed by atoms with Crippen molar-refractivity contribution >= 4 is 17.5 Å². The minimum Gasteiger partial charge on any atom is -0.350 e. The van der Waals surface area contributed by atoms with Crippen molar-refractivity contribution in [2.75, 3.05) is 11.9 Å². The zero-order chi connectivity index (χ0) is 18.4. The Morgan fingerprint density at radius 3 is 2.58 bits per heavy atom. The van der Waals surface area contributed by atoms with Crippen LogP contribution in [-0.2, 0) is 6.42 Å². The van der Waals surface area contributed by atoms with Crippen molar-refractivity contribution in [3.63, 3.8) is 0 Å². The highest BCUT2D eigenvalue weighted by molar-refractivity contribution is 5.92. The van der Waals surface area contributed by atoms with Crippen LogP contribution in [0.2, 0.25) is 0 Å². The van der Waals surface area contributed by atoms with E-state index in [-0.39, 0.29) is 23.2 Å². The molecular weight excluding hydrogens is 338 g/mol. The van der Waals surface area contributed by atoms with Crippen LogP contribution in [0.15, 0.2) is 60.8 Å². The third-order valence-electron chi connectivity index (χ3n) is 3.61. The predicted molar refractivity (Wildman–Crippen MR) is 94.2 cm³/mol. The van der Waals surface area contributed by atoms with E-state index < -0.39 is 11.6 Å². The van der Waals surface area contributed by atoms with E-state index in [9.17, 15) is 13.6 Å². The number of halogens is 2. The summed E-state index contributed by atoms with van der Waals surface area (Å²) in [5.41, 5.74) is 1.58. The molecule has 0 aliphatic rings. The maximum absolute atomic E-state index is 13.2. The van der Waals surface area contributed by atoms with Crippen molar-refractivity contribution in [2.24, 2.45) is 0 Å². The van der Waals surface area contributed by atoms with Gasteiger partial charge in [0.25, 0.3) is 5.91 Å². The van der Waals surface area contributed by atoms with Crippen molar-refractivity contribution in [2.45, 2.75) is 6.42 Å². The quantitative estimate of drug-likeness (QED) is 0.711. The van der Waals surface area contributed by atoms with Gasteiger partial charge in [0.2, 0.25) is 5.95 Å². The van der Waals surface area contributed by atoms with Gasteiger partial charge in [0, 0.05) is 24.5 Å². The van der Waals surface area contributed by atoms with Gasteiger partial charge in [0.15, 0.2) is 11.6 Å². The van der Waals surface area contributed by atoms with Crippen LogP contribution in [0.4, 0.5) is 20.4 Å². The fraction of sp³-hybridized carbons (Fsp3) is 0.105. The number of hydrogen-bond donors (Lipinski definition) is 2. The molecule has 2 aromatic carbocycles. The van der Waals surface area contributed by atoms with Gasteiger partial charge >= 0.3 is 0 Å². The highest BCUT2D eigenvalue weighted by atomic mass is 19.2. The Kier molecular flexibility index (Phi) is 5.48. The molecule has 2 N–H and O–H groups in total. The largest absolute Gasteiger partial charge is 0.350 e. The lowest BCUT2D eigenvalue weighted by atomic mass is 10.1. The zero-order valence-corrected chi connectivity index (χ0v) is 13.7. The smallest absolute Gasteiger partial charge is 0.270 e. The molecule has 0 bridgehead atoms. The third kappa shape index (κ3) is 4.60. The Labute approximate surface area is 149 Å². The number of rotatable bonds is 6. The minimum absolute atomic E-state index is 0.117. The second-order valence-electron chi connectivity index (χ2n) is 5.51. The maximum Gasteiger partial charge on any atom is 0.270 e. The van der Waals surface area contributed by atoms with Crippen LogP contribution in [0.3, 0.4) is 0 Å². The Balaban J connectivity index is 1.60. The zero-order valence-electron chi connectivity index (χ0n) is 13.7. The summed E-state index contributed by atoms with van der Waals surface area (Å²) in [7, 11) is 0. The van der Waals surface area contributed by atoms with E-state index in [1.807, 2.05) is 30.3 Å². The lowest BCUT2D eigenvalue weighted by Crippen LogP contribution is -2.26. The number of aromatic nitrogens is 2. The molecule has 5 nitrogen and oxygen atoms in total. The van der Waals surface area contributed by atoms with Crippen molar-refractivity contribution < 1.29 is 13.6 Å². The maximum atomic E-state index is 13.2. The van der Waals surface area contributed by atoms with E-state index in [2.05, 4.69) is 20.6 Å². The Hall–Kier alpha value is -3.35. The third-order valence-corrected chi connectivity index (χ3v) is 3.61. The summed E-state index contributed by atoms with van der Waals surface area (Å²) in [6.07, 6.45) is 2.12. The van der Waals surface area contributed by atoms with Gasteiger partial charge in [-0.25, -0.2) is 18.7 Å². The van der Waals surface area contributed by atoms with Crippen molar-refractivity contribution in [3.05, 3.63) is 83.7 Å². The highest BCUT2D eigenvalue weighted by Gasteiger charge is 2.09. The van der Waals surface area contributed by atoms with Crippen molar-refractivity contribution in [1.29, 1.82) is 0 Å². The molecule has 132 valence electrons. The molecule has 0 aliphatic carbocycles. The number of nitrogens with zero attached hydrogens (tertiary/aromatic N) is 2. The summed E-state index contributed by atoms with van der Waals surface area (Å²) in [5.74, 6) is -2.14. The molecule has 1 amide bonds. The lowest BCUT2D eigenvalue weighted by molar-refractivity contribution is 0.0949. The molecule has 1 aromatic heterocycles. The van der Waals surface area contributed by atoms with Gasteiger partial charge in [-0.2, -0.15) is 0 Å². The van der Waals surface area contributed by atoms with Gasteiger partial charge < -0.3 is 10.6 Å². The molecule has 1 heterocycles. The van der Waals surface area contributed by atoms with E-state index in [1.165, 1.54) is 18.3 Å². The van der Waals surface area contributed by atoms with Gasteiger partial charge in [0.1, 0.15) is 5.69 Å². The minimum atomic E-state index is -0.982. The van der Waals surface area contributed by atoms with Crippen LogP contribution in [0.25, 0.3) is 0 Å². The van der Waals surface area contributed by atoms with E-state index >= 15 is 0 Å². The topological polar surface area (TPSA) is 66.9 Å². The van der Waals surface area contributed by atoms with E-state index in [1.54, 1.807) is 0 Å². The first-order valence-corrected chi connectivity index (χ1v) is 7.99. The Bertz CT molecular complexity index is 903. The molecule has 0 saturated heterocycles. The molecule has 26 heavy (non-hydrogen) atoms. The summed E-state index contributed by atoms with van der Waals surface area (Å²) in [4.78, 5) is 20.3. The first-order valence-electron chi connectivity index (χ1n) is 7.99. The number of carbonyl (C=O) groups excluding carboxylic acids is 1. The molecule has 3 rings (SSSR count). The molecule has 7 heteroatoms. The molecule has 0 unspecified atom stereocenters. The van der Waals surface area contributed by atoms with E-state index in [0.717, 1.165) is 17.7 Å². The van der Waals surface area contributed by atoms with Crippen LogP contribution < -0.4 is 10.6 Å². The Morgan fingerprint density at radius 2 is 1.81 bits per heavy atom. The van der Waals surface area contributed by atoms with Crippen LogP contribution in [0.1, 0.15) is 16.1 Å². The van der Waals surface area contributed by atoms with Crippen molar-refractivity contribution in [1.82, 2.24) is 15.3 Å². The van der Waals surface area contributed by atoms with Crippen LogP contribution in [0.5, 0.6) is 0 Å². The molecule has 0 aliphatic heterocycles. The number of amides is 1. The van der Waals surface area contributed by atoms with Crippen LogP contribution >= 0.6 is 0 Å². The molecule has 3 aromatic rings. The summed E-state index contributed by atoms with van der Waals surface area (Å²) in [6.45, 7) is 0.471. The number of hydrogen-bond acceptors (Lipinski definition) is 4. The second kappa shape index (κ2) is 8.15. The lowest BCUT2D eigenvalue weighted by Gasteiger charge is -2.08. The SMILES string of the molecule is O=C(NCCc1ccccc1)c1ccnc(Nc2ccc(F)c(F)c2)n1. The molecule has 0 atom stereocenters. The van der Waals surface area contributed by atoms with Crippen molar-refractivity contribution in [3.8, 4) is 0 Å². The summed E-state index contributed by atoms with van der Waals surface area (Å²) < 4.78 is 26.2. The fourth-order valence-corrected chi connectivity index (χ4v) is 2.30. The number of benzene rings is 2. The van der Waals surface area contributed by atoms with Gasteiger partial charge in [-0.15, -0.1) is 0 Å². The standard InChI is InChI=1S/C19H16F2N4O/c20-15-7-6-14(12-16(15)21)24-19-23-11-9-17(25-19)18(26)22-10-8-13-4-2-1-3-5-13/h1-7,9,11-12H,8,10H2,(H,22,26)(H,23,24,25). The first-order chi connectivity index (χ1) is 12.6. The molecule has 0 spiro atoms. The summed E-state index contributed by atoms with van der Waals surface area (Å²) in [5, 5.41) is 5.53. The van der Waals surface area contributed by atoms with Gasteiger partial charge in [0.05, 0.1) is 0 Å². The predicted octanol–water partition coefficient (Wildman–Crippen LogP) is 3.47. The summed E-state index contributed by atoms with van der Waals surface area (Å²) >= 11 is 0. The second-order valence-corrected chi connectivity index (χ2v) is 5.51. The van der Waals surface area contributed by atoms with Gasteiger partial charge in [-0.05, 0) is 30.2 Å². The van der Waals surface area contributed by atoms with Crippen LogP contribution in [0, 0.1) is 11.6 Å². The highest BCUT2D eigenvalue weighted by Crippen LogP contribution is 2.16. The number of carbonyl (C=O) groups is 1. The van der Waals surface area contributed by atoms with E-state index in [0.29, 0.717) is 13.0 Å². The fourth-order valence-electron chi connectivity index (χ4n) is 2.30. The molecule has 0 fully saturated rings. The normalized spacial score (nSPS) is 10.4. The van der Waals surface area contributed by atoms with Gasteiger partial charge in [-0.1, -0.05) is 30.3 Å². The average molecular weight is 354 g/mol. The number of nitrogens with one attached hydrogen (secondary N) is 2. The average Bonchev–Trinajstić information content (AvgIpc) is 2.66. The van der Waals surface area contributed by atoms with Crippen LogP contribution in [-0.4, -0.2) is 22.4 Å². The molecule has 0 saturated carbocycles. The monoisotopic (exact) mass is 354 g/mol. The first kappa shape index (κ1) is 17.5. The molecular formula is C19H16F2N4O. The number of anilines is 2. The molecule has 0 radical (unpaired) electrons. The Morgan fingerprint density at radius 1 is 1.00 bits per heavy atom.